The number of fused-ring (bicyclic) bond motifs is 1. The zero-order valence-electron chi connectivity index (χ0n) is 13.7. The highest BCUT2D eigenvalue weighted by Crippen LogP contribution is 2.46. The van der Waals surface area contributed by atoms with Crippen LogP contribution in [-0.4, -0.2) is 32.2 Å². The first-order valence-electron chi connectivity index (χ1n) is 8.72. The second-order valence-electron chi connectivity index (χ2n) is 7.02. The van der Waals surface area contributed by atoms with E-state index in [0.717, 1.165) is 22.2 Å². The minimum absolute atomic E-state index is 0.0147. The highest BCUT2D eigenvalue weighted by Gasteiger charge is 2.36. The molecule has 1 aromatic heterocycles. The number of thioether (sulfide) groups is 1. The monoisotopic (exact) mass is 354 g/mol. The number of nitrogens with one attached hydrogen (secondary N) is 1. The molecule has 3 aliphatic rings. The van der Waals surface area contributed by atoms with Crippen molar-refractivity contribution in [2.24, 2.45) is 0 Å². The minimum atomic E-state index is -0.0147. The fourth-order valence-electron chi connectivity index (χ4n) is 3.30. The summed E-state index contributed by atoms with van der Waals surface area (Å²) in [5.74, 6) is 2.07. The van der Waals surface area contributed by atoms with Gasteiger partial charge in [-0.25, -0.2) is 0 Å². The number of hydrogen-bond donors (Lipinski definition) is 1. The number of nitrogens with zero attached hydrogens (tertiary/aromatic N) is 3. The number of hydrogen-bond acceptors (Lipinski definition) is 5. The molecule has 0 spiro atoms. The molecule has 1 aliphatic heterocycles. The van der Waals surface area contributed by atoms with E-state index in [9.17, 15) is 9.59 Å². The highest BCUT2D eigenvalue weighted by molar-refractivity contribution is 7.99. The molecule has 128 valence electrons. The number of ketones is 1. The molecule has 0 bridgehead atoms. The van der Waals surface area contributed by atoms with Gasteiger partial charge in [0.1, 0.15) is 5.82 Å². The summed E-state index contributed by atoms with van der Waals surface area (Å²) in [5, 5.41) is 12.4. The Bertz CT molecular complexity index is 883. The second-order valence-corrected chi connectivity index (χ2v) is 7.97. The number of anilines is 1. The van der Waals surface area contributed by atoms with E-state index in [2.05, 4.69) is 20.1 Å². The summed E-state index contributed by atoms with van der Waals surface area (Å²) < 4.78 is 2.26. The predicted molar refractivity (Wildman–Crippen MR) is 94.1 cm³/mol. The Kier molecular flexibility index (Phi) is 3.45. The average molecular weight is 354 g/mol. The van der Waals surface area contributed by atoms with Gasteiger partial charge in [0.2, 0.25) is 5.91 Å². The maximum atomic E-state index is 12.6. The van der Waals surface area contributed by atoms with E-state index in [1.54, 1.807) is 6.07 Å². The maximum absolute atomic E-state index is 12.6. The number of Topliss-reactive ketones (excluding diaryl/α,β-unsaturated/α-hetero) is 1. The van der Waals surface area contributed by atoms with Crippen molar-refractivity contribution in [3.63, 3.8) is 0 Å². The molecular formula is C18H18N4O2S. The van der Waals surface area contributed by atoms with Gasteiger partial charge < -0.3 is 9.88 Å². The normalized spacial score (nSPS) is 19.0. The summed E-state index contributed by atoms with van der Waals surface area (Å²) in [6.45, 7) is 0. The van der Waals surface area contributed by atoms with Gasteiger partial charge in [-0.05, 0) is 49.4 Å². The molecule has 2 aliphatic carbocycles. The zero-order chi connectivity index (χ0) is 17.0. The standard InChI is InChI=1S/C18H18N4O2S/c23-15(11-3-6-14-12(7-11)8-16(24)19-14)9-25-18-21-20-17(10-1-2-10)22(18)13-4-5-13/h3,6-7,10,13H,1-2,4-5,8-9H2,(H,19,24). The van der Waals surface area contributed by atoms with Gasteiger partial charge in [0, 0.05) is 23.2 Å². The summed E-state index contributed by atoms with van der Waals surface area (Å²) in [6, 6.07) is 5.96. The van der Waals surface area contributed by atoms with Gasteiger partial charge in [-0.15, -0.1) is 10.2 Å². The Balaban J connectivity index is 1.31. The van der Waals surface area contributed by atoms with Gasteiger partial charge in [-0.1, -0.05) is 11.8 Å². The molecule has 1 N–H and O–H groups in total. The lowest BCUT2D eigenvalue weighted by Gasteiger charge is -2.08. The van der Waals surface area contributed by atoms with Crippen LogP contribution in [0.3, 0.4) is 0 Å². The molecule has 0 radical (unpaired) electrons. The maximum Gasteiger partial charge on any atom is 0.228 e. The molecule has 5 rings (SSSR count). The van der Waals surface area contributed by atoms with Crippen LogP contribution < -0.4 is 5.32 Å². The molecule has 2 fully saturated rings. The van der Waals surface area contributed by atoms with Gasteiger partial charge in [0.05, 0.1) is 12.2 Å². The first-order valence-corrected chi connectivity index (χ1v) is 9.71. The summed E-state index contributed by atoms with van der Waals surface area (Å²) in [7, 11) is 0. The Hall–Kier alpha value is -2.15. The molecular weight excluding hydrogens is 336 g/mol. The van der Waals surface area contributed by atoms with Crippen LogP contribution in [0.15, 0.2) is 23.4 Å². The molecule has 25 heavy (non-hydrogen) atoms. The summed E-state index contributed by atoms with van der Waals surface area (Å²) in [6.07, 6.45) is 5.13. The van der Waals surface area contributed by atoms with Crippen LogP contribution in [0.5, 0.6) is 0 Å². The van der Waals surface area contributed by atoms with Crippen molar-refractivity contribution < 1.29 is 9.59 Å². The van der Waals surface area contributed by atoms with E-state index in [1.165, 1.54) is 37.4 Å². The summed E-state index contributed by atoms with van der Waals surface area (Å²) in [5.41, 5.74) is 2.37. The SMILES string of the molecule is O=C1Cc2cc(C(=O)CSc3nnc(C4CC4)n3C3CC3)ccc2N1. The van der Waals surface area contributed by atoms with Crippen molar-refractivity contribution in [2.45, 2.75) is 49.2 Å². The van der Waals surface area contributed by atoms with Gasteiger partial charge >= 0.3 is 0 Å². The summed E-state index contributed by atoms with van der Waals surface area (Å²) in [4.78, 5) is 24.0. The molecule has 0 saturated heterocycles. The van der Waals surface area contributed by atoms with Crippen molar-refractivity contribution in [3.05, 3.63) is 35.2 Å². The first kappa shape index (κ1) is 15.1. The molecule has 7 heteroatoms. The Morgan fingerprint density at radius 1 is 1.24 bits per heavy atom. The van der Waals surface area contributed by atoms with Crippen molar-refractivity contribution >= 4 is 29.1 Å². The smallest absolute Gasteiger partial charge is 0.228 e. The van der Waals surface area contributed by atoms with Crippen LogP contribution in [0.4, 0.5) is 5.69 Å². The van der Waals surface area contributed by atoms with Gasteiger partial charge in [0.25, 0.3) is 0 Å². The summed E-state index contributed by atoms with van der Waals surface area (Å²) >= 11 is 1.48. The van der Waals surface area contributed by atoms with Crippen LogP contribution in [0.1, 0.15) is 59.4 Å². The number of aromatic nitrogens is 3. The number of rotatable bonds is 6. The van der Waals surface area contributed by atoms with Crippen LogP contribution in [0, 0.1) is 0 Å². The predicted octanol–water partition coefficient (Wildman–Crippen LogP) is 2.96. The van der Waals surface area contributed by atoms with Gasteiger partial charge in [-0.2, -0.15) is 0 Å². The minimum Gasteiger partial charge on any atom is -0.326 e. The molecule has 1 aromatic carbocycles. The molecule has 6 nitrogen and oxygen atoms in total. The number of carbonyl (C=O) groups excluding carboxylic acids is 2. The van der Waals surface area contributed by atoms with Crippen molar-refractivity contribution in [3.8, 4) is 0 Å². The molecule has 0 unspecified atom stereocenters. The van der Waals surface area contributed by atoms with Crippen LogP contribution >= 0.6 is 11.8 Å². The highest BCUT2D eigenvalue weighted by atomic mass is 32.2. The Morgan fingerprint density at radius 3 is 2.84 bits per heavy atom. The molecule has 2 aromatic rings. The van der Waals surface area contributed by atoms with Gasteiger partial charge in [0.15, 0.2) is 10.9 Å². The average Bonchev–Trinajstić information content (AvgIpc) is 3.53. The van der Waals surface area contributed by atoms with E-state index in [4.69, 9.17) is 0 Å². The lowest BCUT2D eigenvalue weighted by Crippen LogP contribution is -2.06. The Labute approximate surface area is 149 Å². The fourth-order valence-corrected chi connectivity index (χ4v) is 4.21. The number of amides is 1. The van der Waals surface area contributed by atoms with Crippen molar-refractivity contribution in [1.82, 2.24) is 14.8 Å². The van der Waals surface area contributed by atoms with Crippen LogP contribution in [0.2, 0.25) is 0 Å². The molecule has 0 atom stereocenters. The topological polar surface area (TPSA) is 76.9 Å². The van der Waals surface area contributed by atoms with E-state index in [-0.39, 0.29) is 11.7 Å². The van der Waals surface area contributed by atoms with E-state index >= 15 is 0 Å². The lowest BCUT2D eigenvalue weighted by molar-refractivity contribution is -0.115. The fraction of sp³-hybridized carbons (Fsp3) is 0.444. The Morgan fingerprint density at radius 2 is 2.08 bits per heavy atom. The zero-order valence-corrected chi connectivity index (χ0v) is 14.5. The van der Waals surface area contributed by atoms with E-state index in [0.29, 0.717) is 29.7 Å². The van der Waals surface area contributed by atoms with E-state index < -0.39 is 0 Å². The molecule has 1 amide bonds. The third-order valence-corrected chi connectivity index (χ3v) is 5.87. The van der Waals surface area contributed by atoms with Crippen LogP contribution in [0.25, 0.3) is 0 Å². The third kappa shape index (κ3) is 2.86. The van der Waals surface area contributed by atoms with Crippen LogP contribution in [-0.2, 0) is 11.2 Å². The molecule has 2 heterocycles. The van der Waals surface area contributed by atoms with Gasteiger partial charge in [-0.3, -0.25) is 9.59 Å². The van der Waals surface area contributed by atoms with Crippen molar-refractivity contribution in [2.75, 3.05) is 11.1 Å². The van der Waals surface area contributed by atoms with E-state index in [1.807, 2.05) is 12.1 Å². The number of benzene rings is 1. The number of carbonyl (C=O) groups is 2. The largest absolute Gasteiger partial charge is 0.326 e. The quantitative estimate of drug-likeness (QED) is 0.637. The second kappa shape index (κ2) is 5.69. The molecule has 2 saturated carbocycles. The van der Waals surface area contributed by atoms with Crippen molar-refractivity contribution in [1.29, 1.82) is 0 Å². The lowest BCUT2D eigenvalue weighted by atomic mass is 10.1. The third-order valence-electron chi connectivity index (χ3n) is 4.93. The first-order chi connectivity index (χ1) is 12.2.